The van der Waals surface area contributed by atoms with E-state index in [-0.39, 0.29) is 82.8 Å². The number of amides is 1. The number of oxime groups is 1. The first kappa shape index (κ1) is 53.6. The van der Waals surface area contributed by atoms with Crippen molar-refractivity contribution in [2.45, 2.75) is 82.5 Å². The van der Waals surface area contributed by atoms with Gasteiger partial charge in [-0.3, -0.25) is 15.0 Å². The number of carbonyl (C=O) groups is 1. The van der Waals surface area contributed by atoms with Crippen molar-refractivity contribution >= 4 is 28.3 Å². The van der Waals surface area contributed by atoms with Crippen LogP contribution >= 0.6 is 0 Å². The molecule has 1 fully saturated rings. The second kappa shape index (κ2) is 25.1. The standard InChI is InChI=1S/C62H65N3O13/c1-2-30-75-62-58(64(38-44-20-26-56-57(33-44)74-41-73-56)61(68)72-32-31-71-39-42-12-4-3-5-13-42)37-54(63-76-40-43-18-22-48(23-19-43)65(69)70)52-35-47(16-8-10-28-66)51(17-9-11-29-67)59(60(52)62)53-36-50(25-27-55(53)78-62)77-49-24-21-45-14-6-7-15-46(45)34-49/h2-7,12-15,18-27,33-36,47,51,58-60,66-67H,1,8-11,16-17,28-32,37-41H2. The van der Waals surface area contributed by atoms with Crippen molar-refractivity contribution in [3.05, 3.63) is 190 Å². The van der Waals surface area contributed by atoms with Crippen molar-refractivity contribution in [2.24, 2.45) is 22.9 Å². The molecule has 1 saturated carbocycles. The Morgan fingerprint density at radius 2 is 1.50 bits per heavy atom. The molecule has 16 heteroatoms. The van der Waals surface area contributed by atoms with E-state index < -0.39 is 28.8 Å². The number of nitrogens with zero attached hydrogens (tertiary/aromatic N) is 3. The molecule has 78 heavy (non-hydrogen) atoms. The molecule has 0 spiro atoms. The van der Waals surface area contributed by atoms with Crippen LogP contribution in [-0.2, 0) is 38.8 Å². The number of hydrogen-bond donors (Lipinski definition) is 2. The number of ether oxygens (including phenoxy) is 7. The van der Waals surface area contributed by atoms with Gasteiger partial charge in [0.2, 0.25) is 12.6 Å². The summed E-state index contributed by atoms with van der Waals surface area (Å²) in [5.74, 6) is 0.239. The van der Waals surface area contributed by atoms with Crippen LogP contribution in [0.3, 0.4) is 0 Å². The van der Waals surface area contributed by atoms with Gasteiger partial charge in [0.15, 0.2) is 11.5 Å². The average molecular weight is 1060 g/mol. The van der Waals surface area contributed by atoms with Gasteiger partial charge in [-0.2, -0.15) is 0 Å². The van der Waals surface area contributed by atoms with Gasteiger partial charge >= 0.3 is 6.09 Å². The fraction of sp³-hybridized carbons (Fsp3) is 0.355. The van der Waals surface area contributed by atoms with Gasteiger partial charge < -0.3 is 48.2 Å². The Hall–Kier alpha value is -7.76. The third-order valence-electron chi connectivity index (χ3n) is 15.1. The van der Waals surface area contributed by atoms with Crippen LogP contribution < -0.4 is 18.9 Å². The highest BCUT2D eigenvalue weighted by molar-refractivity contribution is 6.03. The van der Waals surface area contributed by atoms with Crippen LogP contribution in [0.2, 0.25) is 0 Å². The third kappa shape index (κ3) is 12.0. The van der Waals surface area contributed by atoms with E-state index in [1.54, 1.807) is 23.1 Å². The lowest BCUT2D eigenvalue weighted by Gasteiger charge is -2.59. The Balaban J connectivity index is 1.11. The highest BCUT2D eigenvalue weighted by Gasteiger charge is 2.66. The quantitative estimate of drug-likeness (QED) is 0.0239. The zero-order valence-electron chi connectivity index (χ0n) is 43.5. The van der Waals surface area contributed by atoms with Crippen LogP contribution in [0.15, 0.2) is 163 Å². The summed E-state index contributed by atoms with van der Waals surface area (Å²) in [5, 5.41) is 38.9. The summed E-state index contributed by atoms with van der Waals surface area (Å²) in [6.45, 7) is 4.71. The van der Waals surface area contributed by atoms with Crippen LogP contribution in [0.5, 0.6) is 28.7 Å². The van der Waals surface area contributed by atoms with Gasteiger partial charge in [-0.15, -0.1) is 6.58 Å². The van der Waals surface area contributed by atoms with E-state index in [2.05, 4.69) is 30.9 Å². The lowest BCUT2D eigenvalue weighted by Crippen LogP contribution is -2.70. The Bertz CT molecular complexity index is 3110. The molecule has 2 heterocycles. The first-order chi connectivity index (χ1) is 38.2. The van der Waals surface area contributed by atoms with Crippen molar-refractivity contribution in [3.63, 3.8) is 0 Å². The third-order valence-corrected chi connectivity index (χ3v) is 15.1. The number of aliphatic hydroxyl groups is 2. The number of aliphatic hydroxyl groups excluding tert-OH is 2. The number of non-ortho nitro benzene ring substituents is 1. The van der Waals surface area contributed by atoms with Crippen LogP contribution in [0.25, 0.3) is 10.8 Å². The summed E-state index contributed by atoms with van der Waals surface area (Å²) < 4.78 is 45.2. The van der Waals surface area contributed by atoms with E-state index in [0.29, 0.717) is 59.5 Å². The SMILES string of the molecule is C=CCOC12Oc3ccc(Oc4ccc5ccccc5c4)cc3C3C(CCCCO)C(CCCCO)C=C(C(=NOCc4ccc([N+](=O)[O-])cc4)CC1N(Cc1ccc4c(c1)OCO4)C(=O)OCCOCc1ccccc1)C32. The predicted molar refractivity (Wildman–Crippen MR) is 292 cm³/mol. The summed E-state index contributed by atoms with van der Waals surface area (Å²) in [6, 6.07) is 40.5. The minimum Gasteiger partial charge on any atom is -0.459 e. The molecule has 0 aromatic heterocycles. The number of allylic oxidation sites excluding steroid dienone is 1. The Morgan fingerprint density at radius 3 is 2.29 bits per heavy atom. The maximum atomic E-state index is 15.3. The van der Waals surface area contributed by atoms with E-state index in [1.807, 2.05) is 91.0 Å². The summed E-state index contributed by atoms with van der Waals surface area (Å²) in [5.41, 5.74) is 4.60. The molecule has 16 nitrogen and oxygen atoms in total. The van der Waals surface area contributed by atoms with Crippen molar-refractivity contribution in [3.8, 4) is 28.7 Å². The monoisotopic (exact) mass is 1060 g/mol. The molecule has 0 radical (unpaired) electrons. The highest BCUT2D eigenvalue weighted by atomic mass is 16.7. The zero-order valence-corrected chi connectivity index (χ0v) is 43.5. The Labute approximate surface area is 453 Å². The van der Waals surface area contributed by atoms with Gasteiger partial charge in [-0.25, -0.2) is 4.79 Å². The molecule has 10 rings (SSSR count). The van der Waals surface area contributed by atoms with Crippen LogP contribution in [0.1, 0.15) is 73.1 Å². The lowest BCUT2D eigenvalue weighted by molar-refractivity contribution is -0.384. The molecule has 6 aromatic rings. The molecular formula is C62H65N3O13. The summed E-state index contributed by atoms with van der Waals surface area (Å²) in [6.07, 6.45) is 7.53. The number of fused-ring (bicyclic) bond motifs is 4. The first-order valence-corrected chi connectivity index (χ1v) is 26.8. The van der Waals surface area contributed by atoms with Crippen LogP contribution in [0.4, 0.5) is 10.5 Å². The Morgan fingerprint density at radius 1 is 0.782 bits per heavy atom. The minimum atomic E-state index is -1.61. The molecule has 2 N–H and O–H groups in total. The van der Waals surface area contributed by atoms with E-state index in [4.69, 9.17) is 43.2 Å². The van der Waals surface area contributed by atoms with E-state index in [9.17, 15) is 20.3 Å². The van der Waals surface area contributed by atoms with Gasteiger partial charge in [0, 0.05) is 49.8 Å². The van der Waals surface area contributed by atoms with Crippen LogP contribution in [0, 0.1) is 27.9 Å². The molecule has 2 aliphatic carbocycles. The number of nitro benzene ring substituents is 1. The fourth-order valence-corrected chi connectivity index (χ4v) is 11.6. The lowest BCUT2D eigenvalue weighted by atomic mass is 9.55. The molecule has 6 aromatic carbocycles. The molecule has 6 unspecified atom stereocenters. The van der Waals surface area contributed by atoms with E-state index in [1.165, 1.54) is 12.1 Å². The van der Waals surface area contributed by atoms with Gasteiger partial charge in [-0.05, 0) is 125 Å². The smallest absolute Gasteiger partial charge is 0.410 e. The molecule has 0 saturated heterocycles. The molecule has 6 atom stereocenters. The van der Waals surface area contributed by atoms with Gasteiger partial charge in [0.05, 0.1) is 36.4 Å². The second-order valence-electron chi connectivity index (χ2n) is 20.0. The molecule has 406 valence electrons. The van der Waals surface area contributed by atoms with Crippen molar-refractivity contribution in [1.29, 1.82) is 0 Å². The van der Waals surface area contributed by atoms with Crippen molar-refractivity contribution in [1.82, 2.24) is 4.90 Å². The topological polar surface area (TPSA) is 190 Å². The number of rotatable bonds is 25. The minimum absolute atomic E-state index is 0.00387. The largest absolute Gasteiger partial charge is 0.459 e. The Kier molecular flexibility index (Phi) is 17.3. The predicted octanol–water partition coefficient (Wildman–Crippen LogP) is 12.0. The second-order valence-corrected chi connectivity index (χ2v) is 20.0. The number of carbonyl (C=O) groups excluding carboxylic acids is 1. The summed E-state index contributed by atoms with van der Waals surface area (Å²) in [4.78, 5) is 34.3. The zero-order chi connectivity index (χ0) is 53.8. The highest BCUT2D eigenvalue weighted by Crippen LogP contribution is 2.62. The van der Waals surface area contributed by atoms with Crippen molar-refractivity contribution in [2.75, 3.05) is 39.8 Å². The number of unbranched alkanes of at least 4 members (excludes halogenated alkanes) is 2. The van der Waals surface area contributed by atoms with E-state index in [0.717, 1.165) is 58.7 Å². The van der Waals surface area contributed by atoms with Gasteiger partial charge in [0.1, 0.15) is 36.5 Å². The molecule has 0 bridgehead atoms. The molecular weight excluding hydrogens is 995 g/mol. The summed E-state index contributed by atoms with van der Waals surface area (Å²) >= 11 is 0. The summed E-state index contributed by atoms with van der Waals surface area (Å²) in [7, 11) is 0. The van der Waals surface area contributed by atoms with Gasteiger partial charge in [0.25, 0.3) is 5.69 Å². The number of benzene rings is 6. The van der Waals surface area contributed by atoms with Crippen LogP contribution in [-0.4, -0.2) is 83.5 Å². The molecule has 2 aliphatic heterocycles. The maximum absolute atomic E-state index is 15.3. The number of nitro groups is 1. The fourth-order valence-electron chi connectivity index (χ4n) is 11.6. The number of hydrogen-bond acceptors (Lipinski definition) is 14. The maximum Gasteiger partial charge on any atom is 0.410 e. The van der Waals surface area contributed by atoms with Crippen molar-refractivity contribution < 1.29 is 57.9 Å². The average Bonchev–Trinajstić information content (AvgIpc) is 3.72. The first-order valence-electron chi connectivity index (χ1n) is 26.8. The van der Waals surface area contributed by atoms with Gasteiger partial charge in [-0.1, -0.05) is 96.9 Å². The normalized spacial score (nSPS) is 21.2. The molecule has 1 amide bonds. The van der Waals surface area contributed by atoms with E-state index >= 15 is 4.79 Å². The molecule has 4 aliphatic rings.